The maximum Gasteiger partial charge on any atom is 0.193 e. The summed E-state index contributed by atoms with van der Waals surface area (Å²) in [6.45, 7) is 10.6. The number of halogens is 1. The average molecular weight is 529 g/mol. The number of hydrogen-bond acceptors (Lipinski definition) is 3. The van der Waals surface area contributed by atoms with E-state index in [1.165, 1.54) is 50.8 Å². The van der Waals surface area contributed by atoms with E-state index < -0.39 is 0 Å². The van der Waals surface area contributed by atoms with Crippen molar-refractivity contribution in [2.75, 3.05) is 59.5 Å². The van der Waals surface area contributed by atoms with Crippen LogP contribution in [0.4, 0.5) is 0 Å². The molecule has 30 heavy (non-hydrogen) atoms. The van der Waals surface area contributed by atoms with Crippen molar-refractivity contribution >= 4 is 29.9 Å². The number of guanidine groups is 1. The summed E-state index contributed by atoms with van der Waals surface area (Å²) >= 11 is 0. The molecule has 2 aliphatic rings. The van der Waals surface area contributed by atoms with Gasteiger partial charge in [-0.1, -0.05) is 30.3 Å². The number of ether oxygens (including phenoxy) is 1. The zero-order valence-corrected chi connectivity index (χ0v) is 21.2. The highest BCUT2D eigenvalue weighted by Gasteiger charge is 2.23. The summed E-state index contributed by atoms with van der Waals surface area (Å²) in [5, 5.41) is 3.54. The molecule has 2 saturated heterocycles. The van der Waals surface area contributed by atoms with Crippen LogP contribution in [0.15, 0.2) is 35.3 Å². The molecule has 1 aromatic rings. The summed E-state index contributed by atoms with van der Waals surface area (Å²) in [5.74, 6) is 2.65. The molecule has 5 nitrogen and oxygen atoms in total. The Kier molecular flexibility index (Phi) is 12.1. The van der Waals surface area contributed by atoms with E-state index in [4.69, 9.17) is 9.73 Å². The monoisotopic (exact) mass is 528 g/mol. The molecule has 3 rings (SSSR count). The van der Waals surface area contributed by atoms with Gasteiger partial charge in [-0.2, -0.15) is 0 Å². The van der Waals surface area contributed by atoms with Crippen LogP contribution in [0.3, 0.4) is 0 Å². The molecule has 0 aliphatic carbocycles. The lowest BCUT2D eigenvalue weighted by molar-refractivity contribution is 0.121. The zero-order valence-electron chi connectivity index (χ0n) is 18.9. The van der Waals surface area contributed by atoms with E-state index in [1.54, 1.807) is 7.11 Å². The van der Waals surface area contributed by atoms with Crippen molar-refractivity contribution in [2.24, 2.45) is 16.8 Å². The fourth-order valence-corrected chi connectivity index (χ4v) is 4.55. The predicted octanol–water partition coefficient (Wildman–Crippen LogP) is 3.88. The van der Waals surface area contributed by atoms with Crippen LogP contribution in [-0.4, -0.2) is 75.3 Å². The first-order valence-corrected chi connectivity index (χ1v) is 11.6. The summed E-state index contributed by atoms with van der Waals surface area (Å²) in [6, 6.07) is 10.9. The van der Waals surface area contributed by atoms with E-state index in [0.29, 0.717) is 0 Å². The molecule has 0 saturated carbocycles. The second kappa shape index (κ2) is 14.2. The zero-order chi connectivity index (χ0) is 20.3. The van der Waals surface area contributed by atoms with E-state index in [1.807, 2.05) is 0 Å². The number of rotatable bonds is 8. The molecule has 1 N–H and O–H groups in total. The van der Waals surface area contributed by atoms with Crippen molar-refractivity contribution in [1.29, 1.82) is 0 Å². The van der Waals surface area contributed by atoms with Crippen LogP contribution in [0, 0.1) is 11.8 Å². The third-order valence-electron chi connectivity index (χ3n) is 6.43. The number of piperidine rings is 2. The third-order valence-corrected chi connectivity index (χ3v) is 6.43. The molecule has 0 atom stereocenters. The van der Waals surface area contributed by atoms with Crippen LogP contribution in [0.2, 0.25) is 0 Å². The van der Waals surface area contributed by atoms with Crippen LogP contribution >= 0.6 is 24.0 Å². The molecular formula is C24H41IN4O. The fraction of sp³-hybridized carbons (Fsp3) is 0.708. The molecule has 0 aromatic heterocycles. The number of nitrogens with zero attached hydrogens (tertiary/aromatic N) is 3. The Balaban J connectivity index is 0.00000320. The molecular weight excluding hydrogens is 487 g/mol. The molecule has 1 aromatic carbocycles. The first kappa shape index (κ1) is 25.4. The second-order valence-electron chi connectivity index (χ2n) is 8.59. The molecule has 6 heteroatoms. The Morgan fingerprint density at radius 2 is 1.70 bits per heavy atom. The predicted molar refractivity (Wildman–Crippen MR) is 137 cm³/mol. The van der Waals surface area contributed by atoms with Gasteiger partial charge in [-0.3, -0.25) is 4.99 Å². The standard InChI is InChI=1S/C24H40N4O.HI/c1-3-25-24(26-20-23-9-13-27(14-10-23)17-18-29-2)28-15-11-22(12-16-28)19-21-7-5-4-6-8-21;/h4-8,22-23H,3,9-20H2,1-2H3,(H,25,26);1H. The van der Waals surface area contributed by atoms with Crippen molar-refractivity contribution in [3.05, 3.63) is 35.9 Å². The molecule has 2 heterocycles. The van der Waals surface area contributed by atoms with Gasteiger partial charge < -0.3 is 19.9 Å². The van der Waals surface area contributed by atoms with Crippen molar-refractivity contribution < 1.29 is 4.74 Å². The van der Waals surface area contributed by atoms with Crippen LogP contribution < -0.4 is 5.32 Å². The molecule has 0 spiro atoms. The first-order valence-electron chi connectivity index (χ1n) is 11.6. The summed E-state index contributed by atoms with van der Waals surface area (Å²) < 4.78 is 5.21. The average Bonchev–Trinajstić information content (AvgIpc) is 2.77. The van der Waals surface area contributed by atoms with Gasteiger partial charge in [0.1, 0.15) is 0 Å². The largest absolute Gasteiger partial charge is 0.383 e. The quantitative estimate of drug-likeness (QED) is 0.316. The van der Waals surface area contributed by atoms with Crippen molar-refractivity contribution in [2.45, 2.75) is 39.0 Å². The lowest BCUT2D eigenvalue weighted by Gasteiger charge is -2.35. The molecule has 0 radical (unpaired) electrons. The second-order valence-corrected chi connectivity index (χ2v) is 8.59. The number of benzene rings is 1. The SMILES string of the molecule is CCNC(=NCC1CCN(CCOC)CC1)N1CCC(Cc2ccccc2)CC1.I. The maximum absolute atomic E-state index is 5.21. The molecule has 2 aliphatic heterocycles. The van der Waals surface area contributed by atoms with E-state index in [-0.39, 0.29) is 24.0 Å². The number of hydrogen-bond donors (Lipinski definition) is 1. The number of likely N-dealkylation sites (tertiary alicyclic amines) is 2. The van der Waals surface area contributed by atoms with Gasteiger partial charge in [-0.25, -0.2) is 0 Å². The summed E-state index contributed by atoms with van der Waals surface area (Å²) in [7, 11) is 1.79. The lowest BCUT2D eigenvalue weighted by Crippen LogP contribution is -2.46. The minimum Gasteiger partial charge on any atom is -0.383 e. The Bertz CT molecular complexity index is 596. The summed E-state index contributed by atoms with van der Waals surface area (Å²) in [6.07, 6.45) is 6.25. The first-order chi connectivity index (χ1) is 14.3. The molecule has 0 amide bonds. The van der Waals surface area contributed by atoms with E-state index in [9.17, 15) is 0 Å². The highest BCUT2D eigenvalue weighted by molar-refractivity contribution is 14.0. The van der Waals surface area contributed by atoms with Crippen LogP contribution in [0.5, 0.6) is 0 Å². The van der Waals surface area contributed by atoms with E-state index >= 15 is 0 Å². The minimum atomic E-state index is 0. The van der Waals surface area contributed by atoms with Gasteiger partial charge in [0.2, 0.25) is 0 Å². The van der Waals surface area contributed by atoms with Crippen LogP contribution in [0.1, 0.15) is 38.2 Å². The number of nitrogens with one attached hydrogen (secondary N) is 1. The number of methoxy groups -OCH3 is 1. The van der Waals surface area contributed by atoms with Crippen molar-refractivity contribution in [3.8, 4) is 0 Å². The Morgan fingerprint density at radius 3 is 2.33 bits per heavy atom. The van der Waals surface area contributed by atoms with Gasteiger partial charge in [-0.15, -0.1) is 24.0 Å². The van der Waals surface area contributed by atoms with Crippen LogP contribution in [0.25, 0.3) is 0 Å². The lowest BCUT2D eigenvalue weighted by atomic mass is 9.90. The van der Waals surface area contributed by atoms with Crippen LogP contribution in [-0.2, 0) is 11.2 Å². The highest BCUT2D eigenvalue weighted by Crippen LogP contribution is 2.22. The Labute approximate surface area is 200 Å². The smallest absolute Gasteiger partial charge is 0.193 e. The topological polar surface area (TPSA) is 40.1 Å². The van der Waals surface area contributed by atoms with Crippen molar-refractivity contribution in [3.63, 3.8) is 0 Å². The fourth-order valence-electron chi connectivity index (χ4n) is 4.55. The minimum absolute atomic E-state index is 0. The van der Waals surface area contributed by atoms with Gasteiger partial charge in [-0.05, 0) is 69.5 Å². The molecule has 2 fully saturated rings. The summed E-state index contributed by atoms with van der Waals surface area (Å²) in [5.41, 5.74) is 1.48. The normalized spacial score (nSPS) is 19.5. The van der Waals surface area contributed by atoms with Gasteiger partial charge >= 0.3 is 0 Å². The third kappa shape index (κ3) is 8.35. The highest BCUT2D eigenvalue weighted by atomic mass is 127. The summed E-state index contributed by atoms with van der Waals surface area (Å²) in [4.78, 5) is 10.1. The van der Waals surface area contributed by atoms with Gasteiger partial charge in [0, 0.05) is 39.8 Å². The van der Waals surface area contributed by atoms with E-state index in [0.717, 1.165) is 57.1 Å². The molecule has 170 valence electrons. The number of aliphatic imine (C=N–C) groups is 1. The Hall–Kier alpha value is -0.860. The van der Waals surface area contributed by atoms with E-state index in [2.05, 4.69) is 52.4 Å². The van der Waals surface area contributed by atoms with Crippen molar-refractivity contribution in [1.82, 2.24) is 15.1 Å². The Morgan fingerprint density at radius 1 is 1.03 bits per heavy atom. The molecule has 0 bridgehead atoms. The van der Waals surface area contributed by atoms with Gasteiger partial charge in [0.05, 0.1) is 6.61 Å². The van der Waals surface area contributed by atoms with Gasteiger partial charge in [0.15, 0.2) is 5.96 Å². The molecule has 0 unspecified atom stereocenters. The maximum atomic E-state index is 5.21. The van der Waals surface area contributed by atoms with Gasteiger partial charge in [0.25, 0.3) is 0 Å².